The van der Waals surface area contributed by atoms with Crippen LogP contribution in [0.4, 0.5) is 5.69 Å². The van der Waals surface area contributed by atoms with Gasteiger partial charge in [-0.15, -0.1) is 0 Å². The molecule has 1 aromatic rings. The summed E-state index contributed by atoms with van der Waals surface area (Å²) in [7, 11) is 0. The van der Waals surface area contributed by atoms with Gasteiger partial charge in [0, 0.05) is 42.9 Å². The van der Waals surface area contributed by atoms with Crippen LogP contribution in [0, 0.1) is 0 Å². The van der Waals surface area contributed by atoms with Gasteiger partial charge in [-0.1, -0.05) is 11.6 Å². The zero-order chi connectivity index (χ0) is 17.8. The van der Waals surface area contributed by atoms with Crippen LogP contribution < -0.4 is 10.6 Å². The van der Waals surface area contributed by atoms with Crippen molar-refractivity contribution in [1.82, 2.24) is 15.1 Å². The second-order valence-electron chi connectivity index (χ2n) is 6.83. The molecule has 3 rings (SSSR count). The Morgan fingerprint density at radius 3 is 2.40 bits per heavy atom. The molecule has 1 heterocycles. The summed E-state index contributed by atoms with van der Waals surface area (Å²) < 4.78 is 0. The van der Waals surface area contributed by atoms with Crippen molar-refractivity contribution < 1.29 is 9.59 Å². The van der Waals surface area contributed by atoms with E-state index in [1.807, 2.05) is 6.92 Å². The predicted molar refractivity (Wildman–Crippen MR) is 98.7 cm³/mol. The highest BCUT2D eigenvalue weighted by Crippen LogP contribution is 2.18. The summed E-state index contributed by atoms with van der Waals surface area (Å²) in [4.78, 5) is 28.6. The molecule has 25 heavy (non-hydrogen) atoms. The highest BCUT2D eigenvalue weighted by Gasteiger charge is 2.28. The van der Waals surface area contributed by atoms with E-state index in [-0.39, 0.29) is 17.9 Å². The molecule has 1 saturated carbocycles. The van der Waals surface area contributed by atoms with Gasteiger partial charge in [-0.3, -0.25) is 19.4 Å². The zero-order valence-corrected chi connectivity index (χ0v) is 15.3. The molecule has 0 aromatic heterocycles. The van der Waals surface area contributed by atoms with E-state index in [1.165, 1.54) is 0 Å². The van der Waals surface area contributed by atoms with Crippen LogP contribution >= 0.6 is 11.6 Å². The standard InChI is InChI=1S/C18H25ClN4O2/c1-13(18(25)21-16-4-2-14(19)3-5-16)23-10-8-22(9-11-23)12-17(24)20-15-6-7-15/h2-5,13,15H,6-12H2,1H3,(H,20,24)(H,21,25)/t13-/m1/s1. The van der Waals surface area contributed by atoms with Crippen LogP contribution in [0.25, 0.3) is 0 Å². The molecule has 2 aliphatic rings. The molecule has 1 aromatic carbocycles. The van der Waals surface area contributed by atoms with Gasteiger partial charge >= 0.3 is 0 Å². The van der Waals surface area contributed by atoms with Gasteiger partial charge in [0.15, 0.2) is 0 Å². The number of halogens is 1. The summed E-state index contributed by atoms with van der Waals surface area (Å²) in [6.07, 6.45) is 2.22. The van der Waals surface area contributed by atoms with Crippen molar-refractivity contribution in [1.29, 1.82) is 0 Å². The molecular weight excluding hydrogens is 340 g/mol. The molecule has 2 fully saturated rings. The Morgan fingerprint density at radius 2 is 1.80 bits per heavy atom. The average molecular weight is 365 g/mol. The lowest BCUT2D eigenvalue weighted by Crippen LogP contribution is -2.54. The first-order valence-electron chi connectivity index (χ1n) is 8.83. The van der Waals surface area contributed by atoms with Crippen LogP contribution in [-0.4, -0.2) is 66.4 Å². The van der Waals surface area contributed by atoms with Crippen LogP contribution in [0.15, 0.2) is 24.3 Å². The maximum Gasteiger partial charge on any atom is 0.241 e. The molecule has 1 saturated heterocycles. The number of nitrogens with zero attached hydrogens (tertiary/aromatic N) is 2. The van der Waals surface area contributed by atoms with Gasteiger partial charge in [0.2, 0.25) is 11.8 Å². The van der Waals surface area contributed by atoms with Crippen LogP contribution in [0.3, 0.4) is 0 Å². The monoisotopic (exact) mass is 364 g/mol. The van der Waals surface area contributed by atoms with Crippen molar-refractivity contribution in [3.63, 3.8) is 0 Å². The van der Waals surface area contributed by atoms with E-state index in [4.69, 9.17) is 11.6 Å². The Kier molecular flexibility index (Phi) is 5.93. The lowest BCUT2D eigenvalue weighted by molar-refractivity contribution is -0.124. The Bertz CT molecular complexity index is 610. The summed E-state index contributed by atoms with van der Waals surface area (Å²) in [6.45, 7) is 5.54. The van der Waals surface area contributed by atoms with Gasteiger partial charge in [-0.05, 0) is 44.0 Å². The van der Waals surface area contributed by atoms with Crippen LogP contribution in [0.5, 0.6) is 0 Å². The molecule has 0 unspecified atom stereocenters. The summed E-state index contributed by atoms with van der Waals surface area (Å²) in [5.74, 6) is 0.0896. The Morgan fingerprint density at radius 1 is 1.16 bits per heavy atom. The number of benzene rings is 1. The summed E-state index contributed by atoms with van der Waals surface area (Å²) >= 11 is 5.86. The third kappa shape index (κ3) is 5.42. The highest BCUT2D eigenvalue weighted by atomic mass is 35.5. The van der Waals surface area contributed by atoms with E-state index in [0.29, 0.717) is 17.6 Å². The van der Waals surface area contributed by atoms with Crippen molar-refractivity contribution in [2.45, 2.75) is 31.8 Å². The van der Waals surface area contributed by atoms with Crippen LogP contribution in [0.2, 0.25) is 5.02 Å². The fourth-order valence-electron chi connectivity index (χ4n) is 2.96. The number of amides is 2. The van der Waals surface area contributed by atoms with E-state index in [0.717, 1.165) is 44.7 Å². The number of anilines is 1. The fourth-order valence-corrected chi connectivity index (χ4v) is 3.08. The number of carbonyl (C=O) groups excluding carboxylic acids is 2. The Balaban J connectivity index is 1.42. The van der Waals surface area contributed by atoms with Gasteiger partial charge in [-0.25, -0.2) is 0 Å². The number of rotatable bonds is 6. The first-order valence-corrected chi connectivity index (χ1v) is 9.21. The smallest absolute Gasteiger partial charge is 0.241 e. The van der Waals surface area contributed by atoms with Crippen molar-refractivity contribution in [3.05, 3.63) is 29.3 Å². The average Bonchev–Trinajstić information content (AvgIpc) is 3.40. The number of piperazine rings is 1. The quantitative estimate of drug-likeness (QED) is 0.804. The lowest BCUT2D eigenvalue weighted by atomic mass is 10.2. The van der Waals surface area contributed by atoms with Gasteiger partial charge < -0.3 is 10.6 Å². The third-order valence-electron chi connectivity index (χ3n) is 4.76. The Hall–Kier alpha value is -1.63. The number of carbonyl (C=O) groups is 2. The van der Waals surface area contributed by atoms with Crippen LogP contribution in [-0.2, 0) is 9.59 Å². The van der Waals surface area contributed by atoms with Gasteiger partial charge in [0.1, 0.15) is 0 Å². The molecule has 0 radical (unpaired) electrons. The van der Waals surface area contributed by atoms with Gasteiger partial charge in [-0.2, -0.15) is 0 Å². The Labute approximate surface area is 153 Å². The van der Waals surface area contributed by atoms with E-state index in [2.05, 4.69) is 20.4 Å². The summed E-state index contributed by atoms with van der Waals surface area (Å²) in [5.41, 5.74) is 0.747. The molecule has 136 valence electrons. The molecule has 2 amide bonds. The first kappa shape index (κ1) is 18.2. The molecule has 1 aliphatic heterocycles. The molecule has 6 nitrogen and oxygen atoms in total. The second kappa shape index (κ2) is 8.17. The van der Waals surface area contributed by atoms with Crippen LogP contribution in [0.1, 0.15) is 19.8 Å². The van der Waals surface area contributed by atoms with Crippen molar-refractivity contribution in [2.75, 3.05) is 38.0 Å². The second-order valence-corrected chi connectivity index (χ2v) is 7.26. The van der Waals surface area contributed by atoms with Crippen molar-refractivity contribution in [3.8, 4) is 0 Å². The molecule has 0 bridgehead atoms. The van der Waals surface area contributed by atoms with E-state index >= 15 is 0 Å². The molecule has 1 atom stereocenters. The predicted octanol–water partition coefficient (Wildman–Crippen LogP) is 1.56. The minimum Gasteiger partial charge on any atom is -0.352 e. The zero-order valence-electron chi connectivity index (χ0n) is 14.5. The lowest BCUT2D eigenvalue weighted by Gasteiger charge is -2.37. The normalized spacial score (nSPS) is 20.1. The van der Waals surface area contributed by atoms with E-state index in [1.54, 1.807) is 24.3 Å². The molecule has 2 N–H and O–H groups in total. The topological polar surface area (TPSA) is 64.7 Å². The molecule has 1 aliphatic carbocycles. The fraction of sp³-hybridized carbons (Fsp3) is 0.556. The maximum absolute atomic E-state index is 12.4. The molecule has 0 spiro atoms. The number of hydrogen-bond donors (Lipinski definition) is 2. The molecular formula is C18H25ClN4O2. The number of nitrogens with one attached hydrogen (secondary N) is 2. The van der Waals surface area contributed by atoms with Crippen molar-refractivity contribution in [2.24, 2.45) is 0 Å². The largest absolute Gasteiger partial charge is 0.352 e. The minimum absolute atomic E-state index is 0.0257. The minimum atomic E-state index is -0.210. The summed E-state index contributed by atoms with van der Waals surface area (Å²) in [5, 5.41) is 6.58. The SMILES string of the molecule is C[C@H](C(=O)Nc1ccc(Cl)cc1)N1CCN(CC(=O)NC2CC2)CC1. The summed E-state index contributed by atoms with van der Waals surface area (Å²) in [6, 6.07) is 7.30. The third-order valence-corrected chi connectivity index (χ3v) is 5.01. The highest BCUT2D eigenvalue weighted by molar-refractivity contribution is 6.30. The van der Waals surface area contributed by atoms with E-state index < -0.39 is 0 Å². The molecule has 7 heteroatoms. The maximum atomic E-state index is 12.4. The van der Waals surface area contributed by atoms with E-state index in [9.17, 15) is 9.59 Å². The first-order chi connectivity index (χ1) is 12.0. The van der Waals surface area contributed by atoms with Gasteiger partial charge in [0.05, 0.1) is 12.6 Å². The van der Waals surface area contributed by atoms with Crippen molar-refractivity contribution >= 4 is 29.1 Å². The van der Waals surface area contributed by atoms with Gasteiger partial charge in [0.25, 0.3) is 0 Å². The number of hydrogen-bond acceptors (Lipinski definition) is 4.